The molecule has 1 aromatic rings. The second-order valence-electron chi connectivity index (χ2n) is 5.22. The Morgan fingerprint density at radius 2 is 2.21 bits per heavy atom. The van der Waals surface area contributed by atoms with E-state index in [1.807, 2.05) is 12.1 Å². The molecule has 0 aromatic heterocycles. The first-order valence-electron chi connectivity index (χ1n) is 7.16. The third-order valence-electron chi connectivity index (χ3n) is 3.59. The Morgan fingerprint density at radius 3 is 3.00 bits per heavy atom. The minimum absolute atomic E-state index is 0.745. The zero-order valence-corrected chi connectivity index (χ0v) is 12.1. The Bertz CT molecular complexity index is 408. The van der Waals surface area contributed by atoms with E-state index in [4.69, 9.17) is 10.5 Å². The number of likely N-dealkylation sites (N-methyl/N-ethyl adjacent to an activating group) is 1. The van der Waals surface area contributed by atoms with Crippen LogP contribution in [-0.4, -0.2) is 44.7 Å². The van der Waals surface area contributed by atoms with Gasteiger partial charge in [-0.15, -0.1) is 0 Å². The first-order chi connectivity index (χ1) is 9.20. The highest BCUT2D eigenvalue weighted by Gasteiger charge is 2.18. The van der Waals surface area contributed by atoms with Crippen LogP contribution in [0.5, 0.6) is 5.75 Å². The summed E-state index contributed by atoms with van der Waals surface area (Å²) in [6.45, 7) is 7.24. The molecule has 1 heterocycles. The third-order valence-corrected chi connectivity index (χ3v) is 3.59. The van der Waals surface area contributed by atoms with Crippen molar-refractivity contribution in [1.82, 2.24) is 4.90 Å². The minimum atomic E-state index is 0.745. The van der Waals surface area contributed by atoms with Gasteiger partial charge in [-0.3, -0.25) is 0 Å². The fourth-order valence-electron chi connectivity index (χ4n) is 2.36. The molecule has 0 atom stereocenters. The number of nitrogen functional groups attached to an aromatic ring is 1. The van der Waals surface area contributed by atoms with Gasteiger partial charge in [-0.1, -0.05) is 13.3 Å². The smallest absolute Gasteiger partial charge is 0.144 e. The van der Waals surface area contributed by atoms with E-state index >= 15 is 0 Å². The average molecular weight is 263 g/mol. The van der Waals surface area contributed by atoms with Gasteiger partial charge in [0.2, 0.25) is 0 Å². The number of benzene rings is 1. The zero-order valence-electron chi connectivity index (χ0n) is 12.1. The number of ether oxygens (including phenoxy) is 1. The fourth-order valence-corrected chi connectivity index (χ4v) is 2.36. The summed E-state index contributed by atoms with van der Waals surface area (Å²) in [7, 11) is 2.19. The number of unbranched alkanes of at least 4 members (excludes halogenated alkanes) is 1. The van der Waals surface area contributed by atoms with Crippen LogP contribution in [0.1, 0.15) is 19.8 Å². The monoisotopic (exact) mass is 263 g/mol. The van der Waals surface area contributed by atoms with E-state index in [2.05, 4.69) is 29.8 Å². The summed E-state index contributed by atoms with van der Waals surface area (Å²) in [5.41, 5.74) is 7.73. The largest absolute Gasteiger partial charge is 0.489 e. The van der Waals surface area contributed by atoms with Crippen molar-refractivity contribution in [3.63, 3.8) is 0 Å². The van der Waals surface area contributed by atoms with Gasteiger partial charge in [0, 0.05) is 24.8 Å². The molecular formula is C15H25N3O. The Balaban J connectivity index is 1.92. The molecule has 0 unspecified atom stereocenters. The lowest BCUT2D eigenvalue weighted by molar-refractivity contribution is 0.294. The SMILES string of the molecule is CCCCN(C)CCN1CCOc2cc(N)ccc21. The minimum Gasteiger partial charge on any atom is -0.489 e. The van der Waals surface area contributed by atoms with Gasteiger partial charge in [0.1, 0.15) is 12.4 Å². The molecule has 2 N–H and O–H groups in total. The molecular weight excluding hydrogens is 238 g/mol. The number of nitrogens with zero attached hydrogens (tertiary/aromatic N) is 2. The molecule has 1 aliphatic rings. The van der Waals surface area contributed by atoms with Crippen molar-refractivity contribution in [3.8, 4) is 5.75 Å². The lowest BCUT2D eigenvalue weighted by Gasteiger charge is -2.32. The van der Waals surface area contributed by atoms with Crippen LogP contribution in [0.3, 0.4) is 0 Å². The fraction of sp³-hybridized carbons (Fsp3) is 0.600. The molecule has 0 fully saturated rings. The summed E-state index contributed by atoms with van der Waals surface area (Å²) in [4.78, 5) is 4.79. The quantitative estimate of drug-likeness (QED) is 0.799. The van der Waals surface area contributed by atoms with Gasteiger partial charge in [-0.05, 0) is 32.1 Å². The van der Waals surface area contributed by atoms with Gasteiger partial charge in [-0.25, -0.2) is 0 Å². The van der Waals surface area contributed by atoms with Crippen LogP contribution in [0.25, 0.3) is 0 Å². The molecule has 0 aliphatic carbocycles. The number of anilines is 2. The van der Waals surface area contributed by atoms with E-state index in [9.17, 15) is 0 Å². The van der Waals surface area contributed by atoms with Gasteiger partial charge in [0.25, 0.3) is 0 Å². The maximum atomic E-state index is 5.80. The number of fused-ring (bicyclic) bond motifs is 1. The van der Waals surface area contributed by atoms with Crippen LogP contribution in [-0.2, 0) is 0 Å². The molecule has 0 radical (unpaired) electrons. The van der Waals surface area contributed by atoms with Crippen molar-refractivity contribution in [3.05, 3.63) is 18.2 Å². The second kappa shape index (κ2) is 6.66. The number of hydrogen-bond acceptors (Lipinski definition) is 4. The van der Waals surface area contributed by atoms with E-state index in [1.54, 1.807) is 0 Å². The molecule has 1 aliphatic heterocycles. The topological polar surface area (TPSA) is 41.7 Å². The Hall–Kier alpha value is -1.42. The van der Waals surface area contributed by atoms with Crippen molar-refractivity contribution in [2.75, 3.05) is 50.5 Å². The summed E-state index contributed by atoms with van der Waals surface area (Å²) in [6, 6.07) is 5.93. The van der Waals surface area contributed by atoms with E-state index in [-0.39, 0.29) is 0 Å². The highest BCUT2D eigenvalue weighted by Crippen LogP contribution is 2.32. The van der Waals surface area contributed by atoms with E-state index in [0.717, 1.165) is 37.7 Å². The average Bonchev–Trinajstić information content (AvgIpc) is 2.42. The molecule has 0 spiro atoms. The van der Waals surface area contributed by atoms with Gasteiger partial charge in [0.05, 0.1) is 12.2 Å². The number of nitrogens with two attached hydrogens (primary N) is 1. The molecule has 19 heavy (non-hydrogen) atoms. The van der Waals surface area contributed by atoms with Gasteiger partial charge >= 0.3 is 0 Å². The van der Waals surface area contributed by atoms with Gasteiger partial charge < -0.3 is 20.3 Å². The normalized spacial score (nSPS) is 14.4. The summed E-state index contributed by atoms with van der Waals surface area (Å²) in [5.74, 6) is 0.919. The molecule has 4 nitrogen and oxygen atoms in total. The van der Waals surface area contributed by atoms with Gasteiger partial charge in [-0.2, -0.15) is 0 Å². The molecule has 106 valence electrons. The van der Waals surface area contributed by atoms with Gasteiger partial charge in [0.15, 0.2) is 0 Å². The Morgan fingerprint density at radius 1 is 1.37 bits per heavy atom. The summed E-state index contributed by atoms with van der Waals surface area (Å²) in [6.07, 6.45) is 2.52. The molecule has 4 heteroatoms. The van der Waals surface area contributed by atoms with Crippen LogP contribution < -0.4 is 15.4 Å². The second-order valence-corrected chi connectivity index (χ2v) is 5.22. The third kappa shape index (κ3) is 3.77. The number of hydrogen-bond donors (Lipinski definition) is 1. The van der Waals surface area contributed by atoms with Crippen LogP contribution in [0.4, 0.5) is 11.4 Å². The summed E-state index contributed by atoms with van der Waals surface area (Å²) in [5, 5.41) is 0. The lowest BCUT2D eigenvalue weighted by Crippen LogP contribution is -2.38. The van der Waals surface area contributed by atoms with E-state index < -0.39 is 0 Å². The lowest BCUT2D eigenvalue weighted by atomic mass is 10.2. The highest BCUT2D eigenvalue weighted by atomic mass is 16.5. The summed E-state index contributed by atoms with van der Waals surface area (Å²) < 4.78 is 5.67. The van der Waals surface area contributed by atoms with Crippen LogP contribution in [0.15, 0.2) is 18.2 Å². The first-order valence-corrected chi connectivity index (χ1v) is 7.16. The number of rotatable bonds is 6. The van der Waals surface area contributed by atoms with Crippen molar-refractivity contribution in [1.29, 1.82) is 0 Å². The molecule has 0 bridgehead atoms. The van der Waals surface area contributed by atoms with Crippen LogP contribution >= 0.6 is 0 Å². The molecule has 1 aromatic carbocycles. The van der Waals surface area contributed by atoms with Crippen molar-refractivity contribution >= 4 is 11.4 Å². The van der Waals surface area contributed by atoms with E-state index in [1.165, 1.54) is 25.1 Å². The van der Waals surface area contributed by atoms with Crippen molar-refractivity contribution in [2.45, 2.75) is 19.8 Å². The maximum absolute atomic E-state index is 5.80. The molecule has 0 saturated heterocycles. The Labute approximate surface area is 116 Å². The maximum Gasteiger partial charge on any atom is 0.144 e. The van der Waals surface area contributed by atoms with Crippen molar-refractivity contribution in [2.24, 2.45) is 0 Å². The highest BCUT2D eigenvalue weighted by molar-refractivity contribution is 5.65. The first kappa shape index (κ1) is 14.0. The summed E-state index contributed by atoms with van der Waals surface area (Å²) >= 11 is 0. The standard InChI is InChI=1S/C15H25N3O/c1-3-4-7-17(2)8-9-18-10-11-19-15-12-13(16)5-6-14(15)18/h5-6,12H,3-4,7-11,16H2,1-2H3. The predicted octanol–water partition coefficient (Wildman–Crippen LogP) is 2.20. The molecule has 0 amide bonds. The molecule has 2 rings (SSSR count). The zero-order chi connectivity index (χ0) is 13.7. The predicted molar refractivity (Wildman–Crippen MR) is 81.0 cm³/mol. The Kier molecular flexibility index (Phi) is 4.91. The van der Waals surface area contributed by atoms with Crippen molar-refractivity contribution < 1.29 is 4.74 Å². The van der Waals surface area contributed by atoms with Crippen LogP contribution in [0, 0.1) is 0 Å². The molecule has 0 saturated carbocycles. The van der Waals surface area contributed by atoms with E-state index in [0.29, 0.717) is 0 Å². The van der Waals surface area contributed by atoms with Crippen LogP contribution in [0.2, 0.25) is 0 Å².